The van der Waals surface area contributed by atoms with Gasteiger partial charge in [0.2, 0.25) is 6.79 Å². The van der Waals surface area contributed by atoms with Crippen LogP contribution in [0.2, 0.25) is 0 Å². The zero-order valence-electron chi connectivity index (χ0n) is 16.8. The summed E-state index contributed by atoms with van der Waals surface area (Å²) < 4.78 is 10.8. The number of carbonyl (C=O) groups excluding carboxylic acids is 1. The molecule has 6 nitrogen and oxygen atoms in total. The van der Waals surface area contributed by atoms with Gasteiger partial charge in [0.15, 0.2) is 11.5 Å². The minimum Gasteiger partial charge on any atom is -0.454 e. The summed E-state index contributed by atoms with van der Waals surface area (Å²) in [4.78, 5) is 26.4. The second kappa shape index (κ2) is 6.99. The first kappa shape index (κ1) is 18.4. The molecule has 0 bridgehead atoms. The summed E-state index contributed by atoms with van der Waals surface area (Å²) in [5.74, 6) is 2.96. The fourth-order valence-electron chi connectivity index (χ4n) is 3.82. The van der Waals surface area contributed by atoms with Crippen molar-refractivity contribution in [3.8, 4) is 11.5 Å². The van der Waals surface area contributed by atoms with E-state index >= 15 is 0 Å². The monoisotopic (exact) mass is 409 g/mol. The Bertz CT molecular complexity index is 1120. The number of aromatic nitrogens is 2. The van der Waals surface area contributed by atoms with E-state index in [4.69, 9.17) is 19.4 Å². The highest BCUT2D eigenvalue weighted by atomic mass is 32.1. The Kier molecular flexibility index (Phi) is 4.42. The summed E-state index contributed by atoms with van der Waals surface area (Å²) in [7, 11) is 0. The van der Waals surface area contributed by atoms with E-state index in [1.165, 1.54) is 24.2 Å². The molecule has 1 amide bonds. The van der Waals surface area contributed by atoms with Crippen molar-refractivity contribution in [2.75, 3.05) is 13.3 Å². The average Bonchev–Trinajstić information content (AvgIpc) is 3.37. The van der Waals surface area contributed by atoms with Crippen molar-refractivity contribution in [1.82, 2.24) is 14.9 Å². The van der Waals surface area contributed by atoms with Crippen molar-refractivity contribution in [3.05, 3.63) is 45.7 Å². The van der Waals surface area contributed by atoms with E-state index in [1.807, 2.05) is 43.9 Å². The molecule has 2 aliphatic rings. The first-order valence-corrected chi connectivity index (χ1v) is 10.8. The maximum absolute atomic E-state index is 13.4. The number of amides is 1. The van der Waals surface area contributed by atoms with E-state index < -0.39 is 0 Å². The van der Waals surface area contributed by atoms with E-state index in [0.717, 1.165) is 49.2 Å². The van der Waals surface area contributed by atoms with Crippen molar-refractivity contribution in [3.63, 3.8) is 0 Å². The Balaban J connectivity index is 1.45. The summed E-state index contributed by atoms with van der Waals surface area (Å²) in [6, 6.07) is 5.84. The van der Waals surface area contributed by atoms with Gasteiger partial charge in [-0.1, -0.05) is 6.07 Å². The summed E-state index contributed by atoms with van der Waals surface area (Å²) >= 11 is 1.49. The Hall–Kier alpha value is -2.67. The molecule has 3 heterocycles. The zero-order chi connectivity index (χ0) is 20.1. The lowest BCUT2D eigenvalue weighted by molar-refractivity contribution is 0.0756. The molecule has 1 aliphatic heterocycles. The van der Waals surface area contributed by atoms with E-state index in [-0.39, 0.29) is 12.7 Å². The van der Waals surface area contributed by atoms with Crippen LogP contribution in [-0.2, 0) is 6.54 Å². The molecular weight excluding hydrogens is 386 g/mol. The molecule has 5 rings (SSSR count). The average molecular weight is 410 g/mol. The maximum atomic E-state index is 13.4. The molecule has 0 atom stereocenters. The lowest BCUT2D eigenvalue weighted by Crippen LogP contribution is -2.30. The van der Waals surface area contributed by atoms with Gasteiger partial charge in [0.05, 0.1) is 10.6 Å². The van der Waals surface area contributed by atoms with Crippen LogP contribution < -0.4 is 9.47 Å². The zero-order valence-corrected chi connectivity index (χ0v) is 17.6. The number of thiophene rings is 1. The van der Waals surface area contributed by atoms with Crippen molar-refractivity contribution >= 4 is 27.5 Å². The summed E-state index contributed by atoms with van der Waals surface area (Å²) in [5, 5.41) is 1.03. The van der Waals surface area contributed by atoms with E-state index in [1.54, 1.807) is 0 Å². The van der Waals surface area contributed by atoms with Crippen molar-refractivity contribution in [2.45, 2.75) is 46.1 Å². The van der Waals surface area contributed by atoms with Gasteiger partial charge in [-0.25, -0.2) is 9.97 Å². The minimum atomic E-state index is 0.0399. The molecule has 3 aromatic rings. The molecule has 1 saturated carbocycles. The van der Waals surface area contributed by atoms with E-state index in [0.29, 0.717) is 19.0 Å². The number of hydrogen-bond acceptors (Lipinski definition) is 6. The SMILES string of the molecule is CCN(Cc1ccc2c(c1)OCO2)C(=O)c1sc2nc(C3CC3)nc(C)c2c1C. The van der Waals surface area contributed by atoms with E-state index in [9.17, 15) is 4.79 Å². The quantitative estimate of drug-likeness (QED) is 0.617. The third kappa shape index (κ3) is 3.23. The lowest BCUT2D eigenvalue weighted by atomic mass is 10.1. The molecule has 150 valence electrons. The van der Waals surface area contributed by atoms with Gasteiger partial charge >= 0.3 is 0 Å². The Labute approximate surface area is 173 Å². The predicted octanol–water partition coefficient (Wildman–Crippen LogP) is 4.58. The van der Waals surface area contributed by atoms with Crippen LogP contribution in [0.5, 0.6) is 11.5 Å². The third-order valence-corrected chi connectivity index (χ3v) is 6.78. The van der Waals surface area contributed by atoms with Gasteiger partial charge < -0.3 is 14.4 Å². The molecular formula is C22H23N3O3S. The van der Waals surface area contributed by atoms with Gasteiger partial charge in [0, 0.05) is 24.4 Å². The van der Waals surface area contributed by atoms with Crippen LogP contribution in [-0.4, -0.2) is 34.1 Å². The number of ether oxygens (including phenoxy) is 2. The predicted molar refractivity (Wildman–Crippen MR) is 112 cm³/mol. The standard InChI is InChI=1S/C22H23N3O3S/c1-4-25(10-14-5-8-16-17(9-14)28-11-27-16)22(26)19-12(2)18-13(3)23-20(15-6-7-15)24-21(18)29-19/h5,8-9,15H,4,6-7,10-11H2,1-3H3. The van der Waals surface area contributed by atoms with Gasteiger partial charge in [0.1, 0.15) is 10.7 Å². The molecule has 1 fully saturated rings. The number of nitrogens with zero attached hydrogens (tertiary/aromatic N) is 3. The molecule has 0 N–H and O–H groups in total. The van der Waals surface area contributed by atoms with Crippen LogP contribution in [0, 0.1) is 13.8 Å². The summed E-state index contributed by atoms with van der Waals surface area (Å²) in [5.41, 5.74) is 2.98. The second-order valence-corrected chi connectivity index (χ2v) is 8.68. The van der Waals surface area contributed by atoms with Crippen LogP contribution in [0.15, 0.2) is 18.2 Å². The van der Waals surface area contributed by atoms with Gasteiger partial charge in [-0.2, -0.15) is 0 Å². The van der Waals surface area contributed by atoms with Crippen LogP contribution in [0.1, 0.15) is 58.0 Å². The number of aryl methyl sites for hydroxylation is 2. The molecule has 7 heteroatoms. The number of rotatable bonds is 5. The molecule has 0 unspecified atom stereocenters. The minimum absolute atomic E-state index is 0.0399. The highest BCUT2D eigenvalue weighted by Crippen LogP contribution is 2.40. The van der Waals surface area contributed by atoms with Crippen LogP contribution in [0.3, 0.4) is 0 Å². The summed E-state index contributed by atoms with van der Waals surface area (Å²) in [6.45, 7) is 7.43. The number of hydrogen-bond donors (Lipinski definition) is 0. The highest BCUT2D eigenvalue weighted by molar-refractivity contribution is 7.20. The number of fused-ring (bicyclic) bond motifs is 2. The Morgan fingerprint density at radius 3 is 2.76 bits per heavy atom. The van der Waals surface area contributed by atoms with Crippen LogP contribution in [0.4, 0.5) is 0 Å². The number of benzene rings is 1. The Morgan fingerprint density at radius 1 is 1.21 bits per heavy atom. The highest BCUT2D eigenvalue weighted by Gasteiger charge is 2.29. The molecule has 1 aliphatic carbocycles. The fraction of sp³-hybridized carbons (Fsp3) is 0.409. The molecule has 1 aromatic carbocycles. The van der Waals surface area contributed by atoms with Crippen molar-refractivity contribution in [1.29, 1.82) is 0 Å². The number of carbonyl (C=O) groups is 1. The molecule has 29 heavy (non-hydrogen) atoms. The van der Waals surface area contributed by atoms with Gasteiger partial charge in [-0.3, -0.25) is 4.79 Å². The van der Waals surface area contributed by atoms with Crippen molar-refractivity contribution < 1.29 is 14.3 Å². The fourth-order valence-corrected chi connectivity index (χ4v) is 5.03. The molecule has 0 spiro atoms. The van der Waals surface area contributed by atoms with Gasteiger partial charge in [-0.05, 0) is 56.9 Å². The maximum Gasteiger partial charge on any atom is 0.264 e. The van der Waals surface area contributed by atoms with E-state index in [2.05, 4.69) is 0 Å². The van der Waals surface area contributed by atoms with Crippen molar-refractivity contribution in [2.24, 2.45) is 0 Å². The third-order valence-electron chi connectivity index (χ3n) is 5.60. The molecule has 2 aromatic heterocycles. The van der Waals surface area contributed by atoms with Crippen LogP contribution in [0.25, 0.3) is 10.2 Å². The lowest BCUT2D eigenvalue weighted by Gasteiger charge is -2.21. The normalized spacial score (nSPS) is 15.1. The van der Waals surface area contributed by atoms with Gasteiger partial charge in [0.25, 0.3) is 5.91 Å². The first-order valence-electron chi connectivity index (χ1n) is 10.0. The van der Waals surface area contributed by atoms with Crippen LogP contribution >= 0.6 is 11.3 Å². The second-order valence-electron chi connectivity index (χ2n) is 7.68. The van der Waals surface area contributed by atoms with Gasteiger partial charge in [-0.15, -0.1) is 11.3 Å². The smallest absolute Gasteiger partial charge is 0.264 e. The Morgan fingerprint density at radius 2 is 2.00 bits per heavy atom. The molecule has 0 radical (unpaired) electrons. The largest absolute Gasteiger partial charge is 0.454 e. The summed E-state index contributed by atoms with van der Waals surface area (Å²) in [6.07, 6.45) is 2.33. The first-order chi connectivity index (χ1) is 14.0. The molecule has 0 saturated heterocycles. The topological polar surface area (TPSA) is 64.6 Å².